The minimum atomic E-state index is 0.0185. The van der Waals surface area contributed by atoms with Crippen molar-refractivity contribution >= 4 is 27.4 Å². The molecule has 4 rings (SSSR count). The van der Waals surface area contributed by atoms with Crippen LogP contribution in [-0.2, 0) is 6.42 Å². The number of benzene rings is 2. The lowest BCUT2D eigenvalue weighted by Crippen LogP contribution is -2.31. The van der Waals surface area contributed by atoms with E-state index in [1.165, 1.54) is 22.5 Å². The van der Waals surface area contributed by atoms with Crippen LogP contribution in [0.5, 0.6) is 0 Å². The lowest BCUT2D eigenvalue weighted by atomic mass is 10.1. The average molecular weight is 379 g/mol. The zero-order valence-corrected chi connectivity index (χ0v) is 16.2. The van der Waals surface area contributed by atoms with Gasteiger partial charge in [0.25, 0.3) is 0 Å². The Hall–Kier alpha value is -2.77. The van der Waals surface area contributed by atoms with Gasteiger partial charge in [0.15, 0.2) is 0 Å². The van der Waals surface area contributed by atoms with E-state index in [2.05, 4.69) is 63.0 Å². The van der Waals surface area contributed by atoms with E-state index in [-0.39, 0.29) is 6.04 Å². The number of anilines is 1. The number of nitrogens with two attached hydrogens (primary N) is 1. The van der Waals surface area contributed by atoms with Crippen LogP contribution in [0.25, 0.3) is 21.5 Å². The van der Waals surface area contributed by atoms with Crippen LogP contribution in [0.15, 0.2) is 42.5 Å². The number of aryl methyl sites for hydroxylation is 2. The Morgan fingerprint density at radius 1 is 1.11 bits per heavy atom. The molecule has 1 atom stereocenters. The van der Waals surface area contributed by atoms with Crippen LogP contribution < -0.4 is 11.1 Å². The zero-order valence-electron chi connectivity index (χ0n) is 15.4. The molecule has 4 N–H and O–H groups in total. The van der Waals surface area contributed by atoms with Crippen molar-refractivity contribution in [2.75, 3.05) is 11.9 Å². The highest BCUT2D eigenvalue weighted by Gasteiger charge is 2.11. The average Bonchev–Trinajstić information content (AvgIpc) is 3.29. The number of aromatic amines is 1. The van der Waals surface area contributed by atoms with Gasteiger partial charge in [0.1, 0.15) is 5.01 Å². The maximum atomic E-state index is 6.26. The predicted molar refractivity (Wildman–Crippen MR) is 111 cm³/mol. The van der Waals surface area contributed by atoms with Crippen LogP contribution in [-0.4, -0.2) is 33.0 Å². The summed E-state index contributed by atoms with van der Waals surface area (Å²) < 4.78 is 0. The highest BCUT2D eigenvalue weighted by molar-refractivity contribution is 7.18. The van der Waals surface area contributed by atoms with E-state index in [1.807, 2.05) is 19.1 Å². The standard InChI is InChI=1S/C20H22N6S/c1-12-3-5-14(6-4-12)9-16(21)11-22-20-26-25-19(27-20)15-7-8-18-17(10-15)13(2)23-24-18/h3-8,10,16H,9,11,21H2,1-2H3,(H,22,26)(H,23,24)/t16-/m1/s1. The van der Waals surface area contributed by atoms with Gasteiger partial charge in [-0.15, -0.1) is 10.2 Å². The van der Waals surface area contributed by atoms with Gasteiger partial charge in [-0.1, -0.05) is 41.2 Å². The number of nitrogens with one attached hydrogen (secondary N) is 2. The summed E-state index contributed by atoms with van der Waals surface area (Å²) in [5, 5.41) is 21.9. The molecule has 0 saturated heterocycles. The molecular weight excluding hydrogens is 356 g/mol. The molecule has 4 aromatic rings. The summed E-state index contributed by atoms with van der Waals surface area (Å²) in [7, 11) is 0. The van der Waals surface area contributed by atoms with Gasteiger partial charge >= 0.3 is 0 Å². The van der Waals surface area contributed by atoms with Crippen LogP contribution in [0, 0.1) is 13.8 Å². The van der Waals surface area contributed by atoms with Crippen molar-refractivity contribution < 1.29 is 0 Å². The van der Waals surface area contributed by atoms with Crippen LogP contribution in [0.3, 0.4) is 0 Å². The molecule has 0 radical (unpaired) electrons. The summed E-state index contributed by atoms with van der Waals surface area (Å²) in [4.78, 5) is 0. The van der Waals surface area contributed by atoms with Crippen LogP contribution in [0.4, 0.5) is 5.13 Å². The predicted octanol–water partition coefficient (Wildman–Crippen LogP) is 3.68. The molecular formula is C20H22N6S. The molecule has 138 valence electrons. The number of rotatable bonds is 6. The van der Waals surface area contributed by atoms with Crippen molar-refractivity contribution in [2.45, 2.75) is 26.3 Å². The van der Waals surface area contributed by atoms with Crippen LogP contribution in [0.2, 0.25) is 0 Å². The molecule has 2 aromatic carbocycles. The van der Waals surface area contributed by atoms with Crippen LogP contribution in [0.1, 0.15) is 16.8 Å². The molecule has 0 amide bonds. The van der Waals surface area contributed by atoms with Crippen molar-refractivity contribution in [2.24, 2.45) is 5.73 Å². The summed E-state index contributed by atoms with van der Waals surface area (Å²) in [6, 6.07) is 14.6. The first-order valence-corrected chi connectivity index (χ1v) is 9.74. The van der Waals surface area contributed by atoms with E-state index in [0.717, 1.165) is 38.7 Å². The van der Waals surface area contributed by atoms with Gasteiger partial charge in [-0.05, 0) is 44.0 Å². The van der Waals surface area contributed by atoms with E-state index in [0.29, 0.717) is 6.54 Å². The third kappa shape index (κ3) is 3.99. The first kappa shape index (κ1) is 17.6. The van der Waals surface area contributed by atoms with Gasteiger partial charge < -0.3 is 11.1 Å². The summed E-state index contributed by atoms with van der Waals surface area (Å²) >= 11 is 1.53. The van der Waals surface area contributed by atoms with Crippen molar-refractivity contribution in [3.8, 4) is 10.6 Å². The fourth-order valence-corrected chi connectivity index (χ4v) is 3.75. The highest BCUT2D eigenvalue weighted by atomic mass is 32.1. The molecule has 0 saturated carbocycles. The van der Waals surface area contributed by atoms with Gasteiger partial charge in [0.2, 0.25) is 5.13 Å². The minimum absolute atomic E-state index is 0.0185. The second kappa shape index (κ2) is 7.46. The number of nitrogens with zero attached hydrogens (tertiary/aromatic N) is 3. The smallest absolute Gasteiger partial charge is 0.206 e. The quantitative estimate of drug-likeness (QED) is 0.476. The van der Waals surface area contributed by atoms with Crippen molar-refractivity contribution in [3.63, 3.8) is 0 Å². The van der Waals surface area contributed by atoms with Crippen molar-refractivity contribution in [1.29, 1.82) is 0 Å². The molecule has 2 heterocycles. The van der Waals surface area contributed by atoms with E-state index in [1.54, 1.807) is 0 Å². The number of hydrogen-bond acceptors (Lipinski definition) is 6. The number of H-pyrrole nitrogens is 1. The maximum absolute atomic E-state index is 6.26. The summed E-state index contributed by atoms with van der Waals surface area (Å²) in [6.45, 7) is 4.76. The molecule has 0 aliphatic heterocycles. The Labute approximate surface area is 161 Å². The topological polar surface area (TPSA) is 92.5 Å². The Balaban J connectivity index is 1.40. The Bertz CT molecular complexity index is 1050. The number of aromatic nitrogens is 4. The van der Waals surface area contributed by atoms with Gasteiger partial charge in [-0.2, -0.15) is 5.10 Å². The molecule has 0 unspecified atom stereocenters. The Morgan fingerprint density at radius 2 is 1.93 bits per heavy atom. The molecule has 0 bridgehead atoms. The molecule has 0 spiro atoms. The van der Waals surface area contributed by atoms with E-state index in [9.17, 15) is 0 Å². The number of hydrogen-bond donors (Lipinski definition) is 3. The SMILES string of the molecule is Cc1ccc(C[C@@H](N)CNc2nnc(-c3ccc4n[nH]c(C)c4c3)s2)cc1. The summed E-state index contributed by atoms with van der Waals surface area (Å²) in [5.74, 6) is 0. The monoisotopic (exact) mass is 378 g/mol. The van der Waals surface area contributed by atoms with E-state index >= 15 is 0 Å². The zero-order chi connectivity index (χ0) is 18.8. The minimum Gasteiger partial charge on any atom is -0.359 e. The van der Waals surface area contributed by atoms with Gasteiger partial charge in [0, 0.05) is 29.2 Å². The Morgan fingerprint density at radius 3 is 2.74 bits per heavy atom. The van der Waals surface area contributed by atoms with Crippen LogP contribution >= 0.6 is 11.3 Å². The van der Waals surface area contributed by atoms with Crippen molar-refractivity contribution in [3.05, 3.63) is 59.3 Å². The lowest BCUT2D eigenvalue weighted by Gasteiger charge is -2.12. The van der Waals surface area contributed by atoms with Gasteiger partial charge in [-0.3, -0.25) is 5.10 Å². The highest BCUT2D eigenvalue weighted by Crippen LogP contribution is 2.29. The fourth-order valence-electron chi connectivity index (χ4n) is 3.00. The lowest BCUT2D eigenvalue weighted by molar-refractivity contribution is 0.698. The molecule has 2 aromatic heterocycles. The summed E-state index contributed by atoms with van der Waals surface area (Å²) in [5.41, 5.74) is 11.8. The molecule has 6 nitrogen and oxygen atoms in total. The summed E-state index contributed by atoms with van der Waals surface area (Å²) in [6.07, 6.45) is 0.829. The third-order valence-corrected chi connectivity index (χ3v) is 5.48. The van der Waals surface area contributed by atoms with Gasteiger partial charge in [-0.25, -0.2) is 0 Å². The fraction of sp³-hybridized carbons (Fsp3) is 0.250. The van der Waals surface area contributed by atoms with Crippen molar-refractivity contribution in [1.82, 2.24) is 20.4 Å². The third-order valence-electron chi connectivity index (χ3n) is 4.55. The first-order chi connectivity index (χ1) is 13.1. The second-order valence-corrected chi connectivity index (χ2v) is 7.80. The van der Waals surface area contributed by atoms with E-state index in [4.69, 9.17) is 5.73 Å². The normalized spacial score (nSPS) is 12.4. The molecule has 0 aliphatic rings. The molecule has 0 fully saturated rings. The molecule has 7 heteroatoms. The second-order valence-electron chi connectivity index (χ2n) is 6.82. The Kier molecular flexibility index (Phi) is 4.87. The van der Waals surface area contributed by atoms with E-state index < -0.39 is 0 Å². The molecule has 27 heavy (non-hydrogen) atoms. The first-order valence-electron chi connectivity index (χ1n) is 8.92. The number of fused-ring (bicyclic) bond motifs is 1. The largest absolute Gasteiger partial charge is 0.359 e. The molecule has 0 aliphatic carbocycles. The maximum Gasteiger partial charge on any atom is 0.206 e. The van der Waals surface area contributed by atoms with Gasteiger partial charge in [0.05, 0.1) is 5.52 Å².